The van der Waals surface area contributed by atoms with Crippen LogP contribution in [0.4, 0.5) is 0 Å². The van der Waals surface area contributed by atoms with E-state index in [0.717, 1.165) is 25.6 Å². The molecule has 0 atom stereocenters. The lowest BCUT2D eigenvalue weighted by atomic mass is 10.1. The largest absolute Gasteiger partial charge is 0.351 e. The van der Waals surface area contributed by atoms with E-state index in [2.05, 4.69) is 32.7 Å². The summed E-state index contributed by atoms with van der Waals surface area (Å²) in [4.78, 5) is 21.4. The van der Waals surface area contributed by atoms with Crippen molar-refractivity contribution < 1.29 is 4.79 Å². The van der Waals surface area contributed by atoms with Crippen molar-refractivity contribution in [1.82, 2.24) is 15.1 Å². The summed E-state index contributed by atoms with van der Waals surface area (Å²) in [6, 6.07) is 4.16. The number of hydrogen-bond acceptors (Lipinski definition) is 3. The van der Waals surface area contributed by atoms with Gasteiger partial charge in [0.2, 0.25) is 5.91 Å². The van der Waals surface area contributed by atoms with Crippen molar-refractivity contribution in [3.8, 4) is 0 Å². The van der Waals surface area contributed by atoms with Crippen molar-refractivity contribution >= 4 is 23.2 Å². The molecule has 1 aliphatic rings. The highest BCUT2D eigenvalue weighted by Gasteiger charge is 2.15. The fourth-order valence-corrected chi connectivity index (χ4v) is 2.88. The number of thiophene rings is 1. The van der Waals surface area contributed by atoms with Crippen LogP contribution >= 0.6 is 11.3 Å². The van der Waals surface area contributed by atoms with Gasteiger partial charge < -0.3 is 15.1 Å². The van der Waals surface area contributed by atoms with Gasteiger partial charge in [-0.3, -0.25) is 4.79 Å². The number of rotatable bonds is 4. The molecular weight excluding hydrogens is 284 g/mol. The number of piperidine rings is 1. The maximum Gasteiger partial charge on any atom is 0.243 e. The third kappa shape index (κ3) is 5.04. The van der Waals surface area contributed by atoms with E-state index in [-0.39, 0.29) is 12.5 Å². The topological polar surface area (TPSA) is 47.9 Å². The predicted molar refractivity (Wildman–Crippen MR) is 87.6 cm³/mol. The lowest BCUT2D eigenvalue weighted by molar-refractivity contribution is -0.127. The average molecular weight is 308 g/mol. The van der Waals surface area contributed by atoms with Crippen molar-refractivity contribution in [1.29, 1.82) is 0 Å². The monoisotopic (exact) mass is 308 g/mol. The second-order valence-corrected chi connectivity index (χ2v) is 6.44. The van der Waals surface area contributed by atoms with E-state index >= 15 is 0 Å². The van der Waals surface area contributed by atoms with Gasteiger partial charge in [-0.25, -0.2) is 4.99 Å². The molecule has 0 spiro atoms. The standard InChI is InChI=1S/C15H24N4OS/c1-18(2)14(20)12-17-15(19-8-4-3-5-9-19)16-11-13-7-6-10-21-13/h6-7,10H,3-5,8-9,11-12H2,1-2H3,(H,16,17). The normalized spacial score (nSPS) is 15.9. The molecule has 2 heterocycles. The van der Waals surface area contributed by atoms with Gasteiger partial charge in [-0.2, -0.15) is 0 Å². The smallest absolute Gasteiger partial charge is 0.243 e. The minimum atomic E-state index is 0.0300. The summed E-state index contributed by atoms with van der Waals surface area (Å²) in [6.45, 7) is 3.01. The Morgan fingerprint density at radius 2 is 2.14 bits per heavy atom. The Balaban J connectivity index is 1.98. The Bertz CT molecular complexity index is 464. The Kier molecular flexibility index (Phi) is 6.04. The van der Waals surface area contributed by atoms with E-state index in [0.29, 0.717) is 0 Å². The van der Waals surface area contributed by atoms with Gasteiger partial charge in [0.05, 0.1) is 6.54 Å². The van der Waals surface area contributed by atoms with Crippen molar-refractivity contribution in [3.63, 3.8) is 0 Å². The number of likely N-dealkylation sites (N-methyl/N-ethyl adjacent to an activating group) is 1. The first-order chi connectivity index (χ1) is 10.2. The van der Waals surface area contributed by atoms with Gasteiger partial charge in [-0.15, -0.1) is 11.3 Å². The highest BCUT2D eigenvalue weighted by molar-refractivity contribution is 7.09. The molecule has 1 aromatic heterocycles. The molecule has 1 aliphatic heterocycles. The first kappa shape index (κ1) is 15.8. The molecule has 5 nitrogen and oxygen atoms in total. The van der Waals surface area contributed by atoms with Gasteiger partial charge >= 0.3 is 0 Å². The van der Waals surface area contributed by atoms with Crippen LogP contribution in [0.25, 0.3) is 0 Å². The Morgan fingerprint density at radius 1 is 1.38 bits per heavy atom. The first-order valence-corrected chi connectivity index (χ1v) is 8.30. The number of guanidine groups is 1. The zero-order valence-electron chi connectivity index (χ0n) is 12.8. The molecule has 1 amide bonds. The molecule has 0 aromatic carbocycles. The summed E-state index contributed by atoms with van der Waals surface area (Å²) in [5.74, 6) is 0.890. The molecule has 0 unspecified atom stereocenters. The number of carbonyl (C=O) groups is 1. The number of amides is 1. The number of nitrogens with zero attached hydrogens (tertiary/aromatic N) is 3. The quantitative estimate of drug-likeness (QED) is 0.681. The number of nitrogens with one attached hydrogen (secondary N) is 1. The number of hydrogen-bond donors (Lipinski definition) is 1. The summed E-state index contributed by atoms with van der Waals surface area (Å²) in [7, 11) is 3.52. The third-order valence-electron chi connectivity index (χ3n) is 3.52. The molecule has 0 radical (unpaired) electrons. The minimum absolute atomic E-state index is 0.0300. The van der Waals surface area contributed by atoms with E-state index in [1.807, 2.05) is 0 Å². The van der Waals surface area contributed by atoms with Gasteiger partial charge in [-0.05, 0) is 30.7 Å². The molecule has 0 bridgehead atoms. The van der Waals surface area contributed by atoms with Gasteiger partial charge in [0.15, 0.2) is 5.96 Å². The van der Waals surface area contributed by atoms with Gasteiger partial charge in [0.25, 0.3) is 0 Å². The van der Waals surface area contributed by atoms with Crippen molar-refractivity contribution in [2.24, 2.45) is 4.99 Å². The summed E-state index contributed by atoms with van der Waals surface area (Å²) in [6.07, 6.45) is 3.67. The van der Waals surface area contributed by atoms with Crippen LogP contribution in [0, 0.1) is 0 Å². The van der Waals surface area contributed by atoms with E-state index in [1.165, 1.54) is 24.1 Å². The molecule has 1 fully saturated rings. The highest BCUT2D eigenvalue weighted by atomic mass is 32.1. The second kappa shape index (κ2) is 8.02. The number of carbonyl (C=O) groups excluding carboxylic acids is 1. The SMILES string of the molecule is CN(C)C(=O)CN=C(NCc1cccs1)N1CCCCC1. The van der Waals surface area contributed by atoms with Crippen LogP contribution in [-0.4, -0.2) is 55.4 Å². The third-order valence-corrected chi connectivity index (χ3v) is 4.40. The molecule has 0 aliphatic carbocycles. The Labute approximate surface area is 130 Å². The van der Waals surface area contributed by atoms with Crippen LogP contribution in [0.1, 0.15) is 24.1 Å². The first-order valence-electron chi connectivity index (χ1n) is 7.42. The zero-order valence-corrected chi connectivity index (χ0v) is 13.7. The van der Waals surface area contributed by atoms with Gasteiger partial charge in [0, 0.05) is 32.1 Å². The van der Waals surface area contributed by atoms with Crippen LogP contribution in [0.5, 0.6) is 0 Å². The van der Waals surface area contributed by atoms with E-state index in [9.17, 15) is 4.79 Å². The fourth-order valence-electron chi connectivity index (χ4n) is 2.24. The molecule has 6 heteroatoms. The lowest BCUT2D eigenvalue weighted by Gasteiger charge is -2.30. The molecule has 21 heavy (non-hydrogen) atoms. The molecule has 2 rings (SSSR count). The fraction of sp³-hybridized carbons (Fsp3) is 0.600. The summed E-state index contributed by atoms with van der Waals surface area (Å²) >= 11 is 1.73. The molecule has 1 aromatic rings. The average Bonchev–Trinajstić information content (AvgIpc) is 3.01. The highest BCUT2D eigenvalue weighted by Crippen LogP contribution is 2.11. The minimum Gasteiger partial charge on any atom is -0.351 e. The maximum absolute atomic E-state index is 11.7. The van der Waals surface area contributed by atoms with Crippen LogP contribution in [-0.2, 0) is 11.3 Å². The van der Waals surface area contributed by atoms with Gasteiger partial charge in [-0.1, -0.05) is 6.07 Å². The Morgan fingerprint density at radius 3 is 2.76 bits per heavy atom. The lowest BCUT2D eigenvalue weighted by Crippen LogP contribution is -2.44. The van der Waals surface area contributed by atoms with Crippen molar-refractivity contribution in [2.75, 3.05) is 33.7 Å². The molecule has 1 saturated heterocycles. The predicted octanol–water partition coefficient (Wildman–Crippen LogP) is 1.77. The zero-order chi connectivity index (χ0) is 15.1. The van der Waals surface area contributed by atoms with Crippen molar-refractivity contribution in [3.05, 3.63) is 22.4 Å². The van der Waals surface area contributed by atoms with Crippen LogP contribution in [0.3, 0.4) is 0 Å². The van der Waals surface area contributed by atoms with Gasteiger partial charge in [0.1, 0.15) is 6.54 Å². The summed E-state index contributed by atoms with van der Waals surface area (Å²) in [5.41, 5.74) is 0. The van der Waals surface area contributed by atoms with E-state index in [4.69, 9.17) is 0 Å². The molecular formula is C15H24N4OS. The summed E-state index contributed by atoms with van der Waals surface area (Å²) < 4.78 is 0. The second-order valence-electron chi connectivity index (χ2n) is 5.41. The maximum atomic E-state index is 11.7. The van der Waals surface area contributed by atoms with Crippen LogP contribution in [0.2, 0.25) is 0 Å². The van der Waals surface area contributed by atoms with E-state index < -0.39 is 0 Å². The summed E-state index contributed by atoms with van der Waals surface area (Å²) in [5, 5.41) is 5.48. The number of aliphatic imine (C=N–C) groups is 1. The van der Waals surface area contributed by atoms with E-state index in [1.54, 1.807) is 30.3 Å². The number of likely N-dealkylation sites (tertiary alicyclic amines) is 1. The van der Waals surface area contributed by atoms with Crippen molar-refractivity contribution in [2.45, 2.75) is 25.8 Å². The molecule has 1 N–H and O–H groups in total. The molecule has 116 valence electrons. The molecule has 0 saturated carbocycles. The van der Waals surface area contributed by atoms with Crippen LogP contribution in [0.15, 0.2) is 22.5 Å². The van der Waals surface area contributed by atoms with Crippen LogP contribution < -0.4 is 5.32 Å². The Hall–Kier alpha value is -1.56.